The first-order valence-electron chi connectivity index (χ1n) is 6.13. The molecule has 1 heterocycles. The van der Waals surface area contributed by atoms with Gasteiger partial charge in [-0.15, -0.1) is 0 Å². The van der Waals surface area contributed by atoms with Crippen LogP contribution in [0.2, 0.25) is 0 Å². The minimum atomic E-state index is -0.354. The molecule has 0 aromatic carbocycles. The molecule has 0 unspecified atom stereocenters. The van der Waals surface area contributed by atoms with Crippen molar-refractivity contribution in [3.05, 3.63) is 11.4 Å². The van der Waals surface area contributed by atoms with Crippen molar-refractivity contribution in [2.45, 2.75) is 33.6 Å². The van der Waals surface area contributed by atoms with Gasteiger partial charge in [0.15, 0.2) is 5.69 Å². The highest BCUT2D eigenvalue weighted by molar-refractivity contribution is 5.97. The monoisotopic (exact) mass is 254 g/mol. The van der Waals surface area contributed by atoms with Crippen LogP contribution in [0.15, 0.2) is 0 Å². The fraction of sp³-hybridized carbons (Fsp3) is 0.667. The molecule has 1 amide bonds. The molecule has 18 heavy (non-hydrogen) atoms. The Hall–Kier alpha value is -1.56. The van der Waals surface area contributed by atoms with Gasteiger partial charge in [-0.25, -0.2) is 0 Å². The maximum atomic E-state index is 11.9. The number of rotatable bonds is 6. The summed E-state index contributed by atoms with van der Waals surface area (Å²) >= 11 is 0. The third-order valence-corrected chi connectivity index (χ3v) is 2.75. The first-order valence-corrected chi connectivity index (χ1v) is 6.13. The van der Waals surface area contributed by atoms with Crippen LogP contribution in [0.5, 0.6) is 0 Å². The lowest BCUT2D eigenvalue weighted by Crippen LogP contribution is -2.36. The molecule has 102 valence electrons. The van der Waals surface area contributed by atoms with Gasteiger partial charge in [0.1, 0.15) is 0 Å². The van der Waals surface area contributed by atoms with Crippen LogP contribution in [0.25, 0.3) is 0 Å². The second-order valence-electron chi connectivity index (χ2n) is 5.22. The molecule has 0 bridgehead atoms. The molecule has 0 aliphatic rings. The minimum Gasteiger partial charge on any atom is -0.396 e. The largest absolute Gasteiger partial charge is 0.396 e. The van der Waals surface area contributed by atoms with E-state index in [0.29, 0.717) is 12.2 Å². The summed E-state index contributed by atoms with van der Waals surface area (Å²) in [5, 5.41) is 18.6. The van der Waals surface area contributed by atoms with Gasteiger partial charge in [0, 0.05) is 18.6 Å². The Morgan fingerprint density at radius 2 is 2.22 bits per heavy atom. The molecular formula is C12H22N4O2. The zero-order chi connectivity index (χ0) is 13.8. The van der Waals surface area contributed by atoms with Gasteiger partial charge in [0.05, 0.1) is 11.4 Å². The second kappa shape index (κ2) is 5.86. The number of H-pyrrole nitrogens is 1. The van der Waals surface area contributed by atoms with E-state index in [9.17, 15) is 4.79 Å². The maximum absolute atomic E-state index is 11.9. The Morgan fingerprint density at radius 1 is 1.56 bits per heavy atom. The third-order valence-electron chi connectivity index (χ3n) is 2.75. The molecular weight excluding hydrogens is 232 g/mol. The fourth-order valence-corrected chi connectivity index (χ4v) is 1.46. The fourth-order valence-electron chi connectivity index (χ4n) is 1.46. The van der Waals surface area contributed by atoms with E-state index >= 15 is 0 Å². The zero-order valence-electron chi connectivity index (χ0n) is 11.2. The number of nitrogen functional groups attached to an aromatic ring is 1. The number of aryl methyl sites for hydroxylation is 1. The number of carbonyl (C=O) groups is 1. The number of amides is 1. The van der Waals surface area contributed by atoms with E-state index in [1.165, 1.54) is 0 Å². The van der Waals surface area contributed by atoms with Gasteiger partial charge < -0.3 is 16.2 Å². The lowest BCUT2D eigenvalue weighted by atomic mass is 9.95. The highest BCUT2D eigenvalue weighted by atomic mass is 16.3. The van der Waals surface area contributed by atoms with Crippen molar-refractivity contribution in [3.8, 4) is 0 Å². The zero-order valence-corrected chi connectivity index (χ0v) is 11.2. The van der Waals surface area contributed by atoms with Crippen molar-refractivity contribution < 1.29 is 9.90 Å². The number of aliphatic hydroxyl groups is 1. The number of aromatic nitrogens is 2. The molecule has 0 fully saturated rings. The van der Waals surface area contributed by atoms with Crippen LogP contribution >= 0.6 is 0 Å². The normalized spacial score (nSPS) is 11.6. The van der Waals surface area contributed by atoms with Crippen molar-refractivity contribution in [2.75, 3.05) is 18.9 Å². The van der Waals surface area contributed by atoms with Crippen LogP contribution in [0.3, 0.4) is 0 Å². The van der Waals surface area contributed by atoms with E-state index in [4.69, 9.17) is 10.8 Å². The number of anilines is 1. The van der Waals surface area contributed by atoms with E-state index in [2.05, 4.69) is 15.5 Å². The Kier molecular flexibility index (Phi) is 4.72. The van der Waals surface area contributed by atoms with Crippen LogP contribution < -0.4 is 11.1 Å². The highest BCUT2D eigenvalue weighted by Crippen LogP contribution is 2.16. The van der Waals surface area contributed by atoms with Crippen molar-refractivity contribution in [1.29, 1.82) is 0 Å². The Labute approximate surface area is 107 Å². The molecule has 0 atom stereocenters. The number of nitrogens with two attached hydrogens (primary N) is 1. The van der Waals surface area contributed by atoms with Gasteiger partial charge in [-0.2, -0.15) is 5.10 Å². The van der Waals surface area contributed by atoms with Gasteiger partial charge in [0.2, 0.25) is 0 Å². The topological polar surface area (TPSA) is 104 Å². The molecule has 5 N–H and O–H groups in total. The van der Waals surface area contributed by atoms with Gasteiger partial charge in [-0.1, -0.05) is 27.2 Å². The minimum absolute atomic E-state index is 0.00438. The van der Waals surface area contributed by atoms with Crippen LogP contribution in [-0.4, -0.2) is 34.4 Å². The standard InChI is InChI=1S/C12H22N4O2/c1-4-5-8-9(13)10(16-15-8)11(18)14-6-12(2,3)7-17/h17H,4-7,13H2,1-3H3,(H,14,18)(H,15,16). The molecule has 1 aromatic rings. The van der Waals surface area contributed by atoms with E-state index in [0.717, 1.165) is 18.5 Å². The van der Waals surface area contributed by atoms with Crippen molar-refractivity contribution in [3.63, 3.8) is 0 Å². The number of nitrogens with zero attached hydrogens (tertiary/aromatic N) is 1. The van der Waals surface area contributed by atoms with Crippen molar-refractivity contribution in [1.82, 2.24) is 15.5 Å². The summed E-state index contributed by atoms with van der Waals surface area (Å²) < 4.78 is 0. The number of aliphatic hydroxyl groups excluding tert-OH is 1. The lowest BCUT2D eigenvalue weighted by molar-refractivity contribution is 0.0907. The van der Waals surface area contributed by atoms with E-state index in [-0.39, 0.29) is 23.6 Å². The van der Waals surface area contributed by atoms with E-state index < -0.39 is 0 Å². The van der Waals surface area contributed by atoms with Crippen molar-refractivity contribution in [2.24, 2.45) is 5.41 Å². The summed E-state index contributed by atoms with van der Waals surface area (Å²) in [6.07, 6.45) is 1.71. The summed E-state index contributed by atoms with van der Waals surface area (Å²) in [7, 11) is 0. The summed E-state index contributed by atoms with van der Waals surface area (Å²) in [5.41, 5.74) is 6.94. The van der Waals surface area contributed by atoms with Crippen LogP contribution in [-0.2, 0) is 6.42 Å². The summed E-state index contributed by atoms with van der Waals surface area (Å²) in [6, 6.07) is 0. The van der Waals surface area contributed by atoms with Gasteiger partial charge in [-0.3, -0.25) is 9.89 Å². The highest BCUT2D eigenvalue weighted by Gasteiger charge is 2.21. The van der Waals surface area contributed by atoms with Crippen LogP contribution in [0.1, 0.15) is 43.4 Å². The van der Waals surface area contributed by atoms with E-state index in [1.54, 1.807) is 0 Å². The average Bonchev–Trinajstić information content (AvgIpc) is 2.69. The van der Waals surface area contributed by atoms with Crippen LogP contribution in [0.4, 0.5) is 5.69 Å². The van der Waals surface area contributed by atoms with Gasteiger partial charge in [-0.05, 0) is 6.42 Å². The molecule has 1 aromatic heterocycles. The van der Waals surface area contributed by atoms with Gasteiger partial charge >= 0.3 is 0 Å². The summed E-state index contributed by atoms with van der Waals surface area (Å²) in [6.45, 7) is 6.14. The summed E-state index contributed by atoms with van der Waals surface area (Å²) in [5.74, 6) is -0.312. The first kappa shape index (κ1) is 14.5. The quantitative estimate of drug-likeness (QED) is 0.599. The number of hydrogen-bond acceptors (Lipinski definition) is 4. The molecule has 0 aliphatic carbocycles. The molecule has 0 radical (unpaired) electrons. The molecule has 0 saturated carbocycles. The first-order chi connectivity index (χ1) is 8.41. The van der Waals surface area contributed by atoms with E-state index in [1.807, 2.05) is 20.8 Å². The Morgan fingerprint density at radius 3 is 2.78 bits per heavy atom. The molecule has 6 heteroatoms. The lowest BCUT2D eigenvalue weighted by Gasteiger charge is -2.21. The molecule has 1 rings (SSSR count). The number of carbonyl (C=O) groups excluding carboxylic acids is 1. The SMILES string of the molecule is CCCc1[nH]nc(C(=O)NCC(C)(C)CO)c1N. The van der Waals surface area contributed by atoms with Crippen LogP contribution in [0, 0.1) is 5.41 Å². The average molecular weight is 254 g/mol. The second-order valence-corrected chi connectivity index (χ2v) is 5.22. The Balaban J connectivity index is 2.67. The molecule has 0 spiro atoms. The Bertz CT molecular complexity index is 412. The molecule has 0 aliphatic heterocycles. The number of aromatic amines is 1. The van der Waals surface area contributed by atoms with Gasteiger partial charge in [0.25, 0.3) is 5.91 Å². The third kappa shape index (κ3) is 3.46. The number of nitrogens with one attached hydrogen (secondary N) is 2. The summed E-state index contributed by atoms with van der Waals surface area (Å²) in [4.78, 5) is 11.9. The van der Waals surface area contributed by atoms with Crippen molar-refractivity contribution >= 4 is 11.6 Å². The predicted molar refractivity (Wildman–Crippen MR) is 70.2 cm³/mol. The molecule has 0 saturated heterocycles. The molecule has 6 nitrogen and oxygen atoms in total. The maximum Gasteiger partial charge on any atom is 0.273 e. The predicted octanol–water partition coefficient (Wildman–Crippen LogP) is 0.693. The smallest absolute Gasteiger partial charge is 0.273 e. The number of hydrogen-bond donors (Lipinski definition) is 4.